The van der Waals surface area contributed by atoms with Crippen molar-refractivity contribution in [3.63, 3.8) is 0 Å². The van der Waals surface area contributed by atoms with E-state index < -0.39 is 0 Å². The van der Waals surface area contributed by atoms with Gasteiger partial charge in [0, 0.05) is 12.1 Å². The van der Waals surface area contributed by atoms with Crippen LogP contribution in [0, 0.1) is 12.8 Å². The molecule has 1 fully saturated rings. The third kappa shape index (κ3) is 5.68. The van der Waals surface area contributed by atoms with Crippen LogP contribution in [-0.2, 0) is 11.3 Å². The van der Waals surface area contributed by atoms with Gasteiger partial charge in [0.1, 0.15) is 5.75 Å². The summed E-state index contributed by atoms with van der Waals surface area (Å²) in [5.41, 5.74) is 2.20. The highest BCUT2D eigenvalue weighted by molar-refractivity contribution is 5.78. The van der Waals surface area contributed by atoms with Crippen LogP contribution >= 0.6 is 0 Å². The zero-order valence-corrected chi connectivity index (χ0v) is 13.9. The quantitative estimate of drug-likeness (QED) is 0.737. The molecule has 122 valence electrons. The SMILES string of the molecule is CCC(C)Oc1cc(C)ccc1CNC(=O)CNCC1CC1. The molecule has 4 nitrogen and oxygen atoms in total. The minimum atomic E-state index is 0.0377. The molecular weight excluding hydrogens is 276 g/mol. The Labute approximate surface area is 133 Å². The third-order valence-electron chi connectivity index (χ3n) is 4.02. The van der Waals surface area contributed by atoms with Gasteiger partial charge >= 0.3 is 0 Å². The first-order valence-corrected chi connectivity index (χ1v) is 8.32. The van der Waals surface area contributed by atoms with Gasteiger partial charge in [-0.05, 0) is 57.2 Å². The number of ether oxygens (including phenoxy) is 1. The minimum Gasteiger partial charge on any atom is -0.490 e. The van der Waals surface area contributed by atoms with Crippen molar-refractivity contribution in [1.29, 1.82) is 0 Å². The number of nitrogens with one attached hydrogen (secondary N) is 2. The highest BCUT2D eigenvalue weighted by Gasteiger charge is 2.20. The summed E-state index contributed by atoms with van der Waals surface area (Å²) in [6.45, 7) is 8.08. The van der Waals surface area contributed by atoms with E-state index in [4.69, 9.17) is 4.74 Å². The molecule has 1 aliphatic carbocycles. The number of carbonyl (C=O) groups excluding carboxylic acids is 1. The average molecular weight is 304 g/mol. The number of benzene rings is 1. The molecule has 1 aromatic carbocycles. The predicted octanol–water partition coefficient (Wildman–Crippen LogP) is 2.79. The van der Waals surface area contributed by atoms with Crippen LogP contribution in [0.4, 0.5) is 0 Å². The fourth-order valence-corrected chi connectivity index (χ4v) is 2.19. The minimum absolute atomic E-state index is 0.0377. The molecule has 1 aliphatic rings. The third-order valence-corrected chi connectivity index (χ3v) is 4.02. The standard InChI is InChI=1S/C18H28N2O2/c1-4-14(3)22-17-9-13(2)5-8-16(17)11-20-18(21)12-19-10-15-6-7-15/h5,8-9,14-15,19H,4,6-7,10-12H2,1-3H3,(H,20,21). The van der Waals surface area contributed by atoms with Gasteiger partial charge in [-0.15, -0.1) is 0 Å². The van der Waals surface area contributed by atoms with E-state index in [0.29, 0.717) is 13.1 Å². The van der Waals surface area contributed by atoms with Crippen LogP contribution in [0.25, 0.3) is 0 Å². The van der Waals surface area contributed by atoms with E-state index in [1.165, 1.54) is 18.4 Å². The maximum Gasteiger partial charge on any atom is 0.234 e. The average Bonchev–Trinajstić information content (AvgIpc) is 3.30. The molecule has 0 saturated heterocycles. The lowest BCUT2D eigenvalue weighted by Crippen LogP contribution is -2.34. The normalized spacial score (nSPS) is 15.4. The van der Waals surface area contributed by atoms with E-state index in [1.807, 2.05) is 19.1 Å². The van der Waals surface area contributed by atoms with Gasteiger partial charge in [-0.1, -0.05) is 19.1 Å². The molecule has 0 aliphatic heterocycles. The van der Waals surface area contributed by atoms with Crippen molar-refractivity contribution in [3.05, 3.63) is 29.3 Å². The topological polar surface area (TPSA) is 50.4 Å². The molecule has 0 heterocycles. The Morgan fingerprint density at radius 3 is 2.86 bits per heavy atom. The maximum atomic E-state index is 11.9. The highest BCUT2D eigenvalue weighted by atomic mass is 16.5. The van der Waals surface area contributed by atoms with Crippen LogP contribution in [0.15, 0.2) is 18.2 Å². The molecule has 1 aromatic rings. The second-order valence-corrected chi connectivity index (χ2v) is 6.30. The Morgan fingerprint density at radius 2 is 2.18 bits per heavy atom. The number of carbonyl (C=O) groups is 1. The number of amides is 1. The summed E-state index contributed by atoms with van der Waals surface area (Å²) in [7, 11) is 0. The monoisotopic (exact) mass is 304 g/mol. The first-order chi connectivity index (χ1) is 10.6. The van der Waals surface area contributed by atoms with E-state index in [9.17, 15) is 4.79 Å². The summed E-state index contributed by atoms with van der Waals surface area (Å²) in [5, 5.41) is 6.17. The van der Waals surface area contributed by atoms with Gasteiger partial charge in [0.2, 0.25) is 5.91 Å². The summed E-state index contributed by atoms with van der Waals surface area (Å²) in [4.78, 5) is 11.9. The molecule has 0 bridgehead atoms. The first kappa shape index (κ1) is 16.8. The predicted molar refractivity (Wildman–Crippen MR) is 89.0 cm³/mol. The molecule has 1 unspecified atom stereocenters. The molecule has 0 radical (unpaired) electrons. The van der Waals surface area contributed by atoms with Crippen LogP contribution in [0.1, 0.15) is 44.2 Å². The van der Waals surface area contributed by atoms with Crippen molar-refractivity contribution in [2.75, 3.05) is 13.1 Å². The lowest BCUT2D eigenvalue weighted by molar-refractivity contribution is -0.120. The Kier molecular flexibility index (Phi) is 6.25. The van der Waals surface area contributed by atoms with Gasteiger partial charge in [0.15, 0.2) is 0 Å². The van der Waals surface area contributed by atoms with Gasteiger partial charge in [-0.2, -0.15) is 0 Å². The second kappa shape index (κ2) is 8.18. The van der Waals surface area contributed by atoms with Crippen LogP contribution < -0.4 is 15.4 Å². The Bertz CT molecular complexity index is 498. The molecule has 0 aromatic heterocycles. The molecule has 22 heavy (non-hydrogen) atoms. The Balaban J connectivity index is 1.83. The summed E-state index contributed by atoms with van der Waals surface area (Å²) in [6, 6.07) is 6.13. The van der Waals surface area contributed by atoms with Crippen molar-refractivity contribution < 1.29 is 9.53 Å². The highest BCUT2D eigenvalue weighted by Crippen LogP contribution is 2.27. The van der Waals surface area contributed by atoms with Crippen molar-refractivity contribution in [3.8, 4) is 5.75 Å². The van der Waals surface area contributed by atoms with E-state index in [-0.39, 0.29) is 12.0 Å². The number of hydrogen-bond donors (Lipinski definition) is 2. The van der Waals surface area contributed by atoms with E-state index >= 15 is 0 Å². The molecular formula is C18H28N2O2. The van der Waals surface area contributed by atoms with Crippen molar-refractivity contribution in [1.82, 2.24) is 10.6 Å². The molecule has 2 N–H and O–H groups in total. The lowest BCUT2D eigenvalue weighted by Gasteiger charge is -2.17. The van der Waals surface area contributed by atoms with Gasteiger partial charge in [-0.3, -0.25) is 4.79 Å². The second-order valence-electron chi connectivity index (χ2n) is 6.30. The van der Waals surface area contributed by atoms with Crippen molar-refractivity contribution >= 4 is 5.91 Å². The van der Waals surface area contributed by atoms with Crippen LogP contribution in [-0.4, -0.2) is 25.1 Å². The van der Waals surface area contributed by atoms with Crippen molar-refractivity contribution in [2.24, 2.45) is 5.92 Å². The molecule has 1 amide bonds. The largest absolute Gasteiger partial charge is 0.490 e. The van der Waals surface area contributed by atoms with Gasteiger partial charge in [-0.25, -0.2) is 0 Å². The zero-order valence-electron chi connectivity index (χ0n) is 13.9. The van der Waals surface area contributed by atoms with E-state index in [2.05, 4.69) is 30.5 Å². The van der Waals surface area contributed by atoms with Gasteiger partial charge < -0.3 is 15.4 Å². The number of aryl methyl sites for hydroxylation is 1. The van der Waals surface area contributed by atoms with E-state index in [0.717, 1.165) is 30.2 Å². The van der Waals surface area contributed by atoms with Crippen LogP contribution in [0.2, 0.25) is 0 Å². The molecule has 4 heteroatoms. The summed E-state index contributed by atoms with van der Waals surface area (Å²) < 4.78 is 5.96. The molecule has 2 rings (SSSR count). The Hall–Kier alpha value is -1.55. The van der Waals surface area contributed by atoms with Gasteiger partial charge in [0.25, 0.3) is 0 Å². The maximum absolute atomic E-state index is 11.9. The molecule has 0 spiro atoms. The number of hydrogen-bond acceptors (Lipinski definition) is 3. The summed E-state index contributed by atoms with van der Waals surface area (Å²) >= 11 is 0. The van der Waals surface area contributed by atoms with Crippen LogP contribution in [0.5, 0.6) is 5.75 Å². The molecule has 1 saturated carbocycles. The Morgan fingerprint density at radius 1 is 1.41 bits per heavy atom. The van der Waals surface area contributed by atoms with Crippen LogP contribution in [0.3, 0.4) is 0 Å². The van der Waals surface area contributed by atoms with Crippen molar-refractivity contribution in [2.45, 2.75) is 52.7 Å². The van der Waals surface area contributed by atoms with Gasteiger partial charge in [0.05, 0.1) is 12.6 Å². The lowest BCUT2D eigenvalue weighted by atomic mass is 10.1. The molecule has 1 atom stereocenters. The number of rotatable bonds is 9. The zero-order chi connectivity index (χ0) is 15.9. The fourth-order valence-electron chi connectivity index (χ4n) is 2.19. The summed E-state index contributed by atoms with van der Waals surface area (Å²) in [5.74, 6) is 1.71. The smallest absolute Gasteiger partial charge is 0.234 e. The first-order valence-electron chi connectivity index (χ1n) is 8.32. The summed E-state index contributed by atoms with van der Waals surface area (Å²) in [6.07, 6.45) is 3.74. The van der Waals surface area contributed by atoms with E-state index in [1.54, 1.807) is 0 Å². The fraction of sp³-hybridized carbons (Fsp3) is 0.611.